The Kier molecular flexibility index (Phi) is 3.07. The summed E-state index contributed by atoms with van der Waals surface area (Å²) in [5.41, 5.74) is 1.49. The van der Waals surface area contributed by atoms with Gasteiger partial charge in [-0.05, 0) is 0 Å². The first-order valence-corrected chi connectivity index (χ1v) is 6.08. The van der Waals surface area contributed by atoms with Crippen molar-refractivity contribution in [1.29, 1.82) is 0 Å². The third-order valence-electron chi connectivity index (χ3n) is 3.21. The van der Waals surface area contributed by atoms with Crippen LogP contribution in [0.1, 0.15) is 11.8 Å². The van der Waals surface area contributed by atoms with Crippen LogP contribution in [0.2, 0.25) is 0 Å². The van der Waals surface area contributed by atoms with E-state index < -0.39 is 24.4 Å². The van der Waals surface area contributed by atoms with Crippen LogP contribution in [-0.4, -0.2) is 60.4 Å². The number of aliphatic hydroxyl groups is 3. The van der Waals surface area contributed by atoms with Crippen LogP contribution in [0.5, 0.6) is 0 Å². The Morgan fingerprint density at radius 3 is 2.84 bits per heavy atom. The van der Waals surface area contributed by atoms with Gasteiger partial charge in [-0.2, -0.15) is 5.10 Å². The number of rotatable bonds is 2. The largest absolute Gasteiger partial charge is 0.394 e. The first kappa shape index (κ1) is 12.6. The summed E-state index contributed by atoms with van der Waals surface area (Å²) >= 11 is 5.03. The predicted octanol–water partition coefficient (Wildman–Crippen LogP) is -0.831. The van der Waals surface area contributed by atoms with Crippen molar-refractivity contribution >= 4 is 23.3 Å². The molecule has 102 valence electrons. The van der Waals surface area contributed by atoms with Gasteiger partial charge in [0.1, 0.15) is 29.9 Å². The zero-order chi connectivity index (χ0) is 13.6. The topological polar surface area (TPSA) is 127 Å². The van der Waals surface area contributed by atoms with Crippen molar-refractivity contribution in [2.75, 3.05) is 6.61 Å². The molecule has 1 fully saturated rings. The summed E-state index contributed by atoms with van der Waals surface area (Å²) in [4.78, 5) is 6.78. The molecule has 3 heterocycles. The van der Waals surface area contributed by atoms with Gasteiger partial charge in [-0.1, -0.05) is 12.2 Å². The van der Waals surface area contributed by atoms with Crippen LogP contribution >= 0.6 is 12.2 Å². The third kappa shape index (κ3) is 1.86. The molecule has 4 atom stereocenters. The summed E-state index contributed by atoms with van der Waals surface area (Å²) in [6.07, 6.45) is -2.53. The lowest BCUT2D eigenvalue weighted by Gasteiger charge is -2.12. The molecule has 1 aliphatic heterocycles. The highest BCUT2D eigenvalue weighted by atomic mass is 32.1. The molecule has 1 saturated heterocycles. The van der Waals surface area contributed by atoms with Crippen LogP contribution in [0.25, 0.3) is 11.0 Å². The standard InChI is InChI=1S/C10H12N4O4S/c15-1-3-7(16)8(17)9(18-3)5-4-6(14-13-5)10(19)12-2-11-4/h2-3,7-9,15-17H,1H2,(H,13,14)(H,11,12,19)/t3-,7+,8-,9-/m0/s1. The second-order valence-corrected chi connectivity index (χ2v) is 4.71. The minimum absolute atomic E-state index is 0.322. The minimum atomic E-state index is -1.16. The Bertz CT molecular complexity index is 656. The van der Waals surface area contributed by atoms with Gasteiger partial charge < -0.3 is 25.0 Å². The molecule has 0 unspecified atom stereocenters. The molecule has 0 spiro atoms. The molecule has 0 aliphatic carbocycles. The van der Waals surface area contributed by atoms with Crippen molar-refractivity contribution in [2.45, 2.75) is 24.4 Å². The average Bonchev–Trinajstić information content (AvgIpc) is 2.94. The van der Waals surface area contributed by atoms with Gasteiger partial charge >= 0.3 is 0 Å². The molecule has 5 N–H and O–H groups in total. The monoisotopic (exact) mass is 284 g/mol. The van der Waals surface area contributed by atoms with E-state index in [-0.39, 0.29) is 6.61 Å². The molecule has 0 bridgehead atoms. The van der Waals surface area contributed by atoms with Crippen LogP contribution < -0.4 is 0 Å². The Morgan fingerprint density at radius 1 is 1.37 bits per heavy atom. The summed E-state index contributed by atoms with van der Waals surface area (Å²) in [6.45, 7) is -0.377. The fraction of sp³-hybridized carbons (Fsp3) is 0.500. The van der Waals surface area contributed by atoms with Crippen molar-refractivity contribution in [3.63, 3.8) is 0 Å². The molecule has 0 aromatic carbocycles. The Hall–Kier alpha value is -1.39. The summed E-state index contributed by atoms with van der Waals surface area (Å²) in [5.74, 6) is 0. The van der Waals surface area contributed by atoms with Crippen molar-refractivity contribution in [1.82, 2.24) is 20.2 Å². The predicted molar refractivity (Wildman–Crippen MR) is 65.8 cm³/mol. The number of aromatic nitrogens is 4. The number of nitrogens with zero attached hydrogens (tertiary/aromatic N) is 2. The van der Waals surface area contributed by atoms with Crippen molar-refractivity contribution in [3.05, 3.63) is 16.7 Å². The maximum atomic E-state index is 9.97. The van der Waals surface area contributed by atoms with E-state index in [2.05, 4.69) is 20.2 Å². The Balaban J connectivity index is 2.06. The summed E-state index contributed by atoms with van der Waals surface area (Å²) in [5, 5.41) is 35.5. The quantitative estimate of drug-likeness (QED) is 0.455. The molecule has 0 radical (unpaired) electrons. The molecule has 2 aromatic rings. The van der Waals surface area contributed by atoms with Gasteiger partial charge in [-0.25, -0.2) is 4.98 Å². The number of nitrogens with one attached hydrogen (secondary N) is 2. The summed E-state index contributed by atoms with van der Waals surface area (Å²) < 4.78 is 5.75. The van der Waals surface area contributed by atoms with E-state index >= 15 is 0 Å². The van der Waals surface area contributed by atoms with Gasteiger partial charge in [0.15, 0.2) is 4.64 Å². The molecular weight excluding hydrogens is 272 g/mol. The van der Waals surface area contributed by atoms with Crippen LogP contribution in [0, 0.1) is 4.64 Å². The lowest BCUT2D eigenvalue weighted by atomic mass is 10.1. The highest BCUT2D eigenvalue weighted by molar-refractivity contribution is 7.71. The number of aromatic amines is 2. The zero-order valence-electron chi connectivity index (χ0n) is 9.65. The van der Waals surface area contributed by atoms with Gasteiger partial charge in [0.2, 0.25) is 0 Å². The van der Waals surface area contributed by atoms with E-state index in [1.807, 2.05) is 0 Å². The van der Waals surface area contributed by atoms with Gasteiger partial charge in [0.25, 0.3) is 0 Å². The van der Waals surface area contributed by atoms with Crippen LogP contribution in [0.4, 0.5) is 0 Å². The maximum absolute atomic E-state index is 9.97. The van der Waals surface area contributed by atoms with Crippen LogP contribution in [0.3, 0.4) is 0 Å². The zero-order valence-corrected chi connectivity index (χ0v) is 10.5. The highest BCUT2D eigenvalue weighted by Crippen LogP contribution is 2.34. The number of H-pyrrole nitrogens is 2. The summed E-state index contributed by atoms with van der Waals surface area (Å²) in [7, 11) is 0. The molecule has 1 aliphatic rings. The van der Waals surface area contributed by atoms with E-state index in [0.717, 1.165) is 0 Å². The van der Waals surface area contributed by atoms with E-state index in [1.54, 1.807) is 0 Å². The number of ether oxygens (including phenoxy) is 1. The average molecular weight is 284 g/mol. The normalized spacial score (nSPS) is 31.1. The Morgan fingerprint density at radius 2 is 2.16 bits per heavy atom. The second kappa shape index (κ2) is 4.62. The van der Waals surface area contributed by atoms with E-state index in [0.29, 0.717) is 21.4 Å². The van der Waals surface area contributed by atoms with Gasteiger partial charge in [0.05, 0.1) is 24.1 Å². The van der Waals surface area contributed by atoms with Gasteiger partial charge in [-0.15, -0.1) is 0 Å². The lowest BCUT2D eigenvalue weighted by Crippen LogP contribution is -2.32. The molecule has 3 rings (SSSR count). The SMILES string of the molecule is OC[C@@H]1O[C@@H](c2[nH]nc3c(=S)nc[nH]c23)[C@@H](O)[C@@H]1O. The number of hydrogen-bond donors (Lipinski definition) is 5. The lowest BCUT2D eigenvalue weighted by molar-refractivity contribution is -0.0236. The Labute approximate surface area is 112 Å². The van der Waals surface area contributed by atoms with E-state index in [1.165, 1.54) is 6.33 Å². The molecular formula is C10H12N4O4S. The maximum Gasteiger partial charge on any atom is 0.157 e. The molecule has 8 nitrogen and oxygen atoms in total. The first-order chi connectivity index (χ1) is 9.13. The molecule has 9 heteroatoms. The fourth-order valence-corrected chi connectivity index (χ4v) is 2.42. The molecule has 19 heavy (non-hydrogen) atoms. The summed E-state index contributed by atoms with van der Waals surface area (Å²) in [6, 6.07) is 0. The highest BCUT2D eigenvalue weighted by Gasteiger charge is 2.44. The van der Waals surface area contributed by atoms with E-state index in [9.17, 15) is 10.2 Å². The number of aliphatic hydroxyl groups excluding tert-OH is 3. The van der Waals surface area contributed by atoms with Crippen molar-refractivity contribution in [3.8, 4) is 0 Å². The van der Waals surface area contributed by atoms with Crippen molar-refractivity contribution in [2.24, 2.45) is 0 Å². The third-order valence-corrected chi connectivity index (χ3v) is 3.51. The van der Waals surface area contributed by atoms with Crippen LogP contribution in [-0.2, 0) is 4.74 Å². The van der Waals surface area contributed by atoms with Crippen LogP contribution in [0.15, 0.2) is 6.33 Å². The fourth-order valence-electron chi connectivity index (χ4n) is 2.22. The van der Waals surface area contributed by atoms with Crippen molar-refractivity contribution < 1.29 is 20.1 Å². The molecule has 0 amide bonds. The van der Waals surface area contributed by atoms with Gasteiger partial charge in [-0.3, -0.25) is 5.10 Å². The van der Waals surface area contributed by atoms with Gasteiger partial charge in [0, 0.05) is 0 Å². The first-order valence-electron chi connectivity index (χ1n) is 5.67. The minimum Gasteiger partial charge on any atom is -0.394 e. The molecule has 2 aromatic heterocycles. The second-order valence-electron chi connectivity index (χ2n) is 4.33. The smallest absolute Gasteiger partial charge is 0.157 e. The number of fused-ring (bicyclic) bond motifs is 1. The molecule has 0 saturated carbocycles. The number of hydrogen-bond acceptors (Lipinski definition) is 7. The van der Waals surface area contributed by atoms with E-state index in [4.69, 9.17) is 22.1 Å².